The van der Waals surface area contributed by atoms with E-state index >= 15 is 0 Å². The molecule has 1 rings (SSSR count). The number of primary sulfonamides is 1. The Hall–Kier alpha value is -1.44. The minimum atomic E-state index is -3.85. The number of benzene rings is 1. The van der Waals surface area contributed by atoms with Crippen LogP contribution >= 0.6 is 0 Å². The summed E-state index contributed by atoms with van der Waals surface area (Å²) in [5, 5.41) is 10.7. The molecule has 7 heteroatoms. The van der Waals surface area contributed by atoms with Crippen LogP contribution in [0.4, 0.5) is 5.69 Å². The van der Waals surface area contributed by atoms with Crippen LogP contribution < -0.4 is 15.8 Å². The van der Waals surface area contributed by atoms with Gasteiger partial charge in [0, 0.05) is 12.5 Å². The van der Waals surface area contributed by atoms with Crippen molar-refractivity contribution in [3.63, 3.8) is 0 Å². The Kier molecular flexibility index (Phi) is 5.46. The number of hydrogen-bond donors (Lipinski definition) is 3. The second-order valence-electron chi connectivity index (χ2n) is 4.24. The molecular formula is C12H19N3O3S. The van der Waals surface area contributed by atoms with Crippen LogP contribution in [0.5, 0.6) is 0 Å². The van der Waals surface area contributed by atoms with Gasteiger partial charge in [0.05, 0.1) is 5.69 Å². The highest BCUT2D eigenvalue weighted by atomic mass is 32.2. The number of nitrogens with one attached hydrogen (secondary N) is 2. The number of amides is 1. The van der Waals surface area contributed by atoms with Crippen molar-refractivity contribution in [2.45, 2.75) is 18.7 Å². The average molecular weight is 285 g/mol. The fraction of sp³-hybridized carbons (Fsp3) is 0.417. The molecule has 0 aliphatic heterocycles. The smallest absolute Gasteiger partial charge is 0.240 e. The fourth-order valence-corrected chi connectivity index (χ4v) is 2.22. The van der Waals surface area contributed by atoms with Gasteiger partial charge in [-0.2, -0.15) is 0 Å². The quantitative estimate of drug-likeness (QED) is 0.709. The Labute approximate surface area is 113 Å². The number of nitrogens with two attached hydrogens (primary N) is 1. The number of sulfonamides is 1. The van der Waals surface area contributed by atoms with Gasteiger partial charge in [-0.05, 0) is 18.7 Å². The molecule has 0 aliphatic rings. The molecule has 0 spiro atoms. The van der Waals surface area contributed by atoms with Crippen molar-refractivity contribution in [3.8, 4) is 0 Å². The van der Waals surface area contributed by atoms with Crippen molar-refractivity contribution < 1.29 is 13.2 Å². The number of carbonyl (C=O) groups excluding carboxylic acids is 1. The standard InChI is InChI=1S/C12H19N3O3S/c1-3-14-8-9(2)12(16)15-10-6-4-5-7-11(10)19(13,17)18/h4-7,9,14H,3,8H2,1-2H3,(H,15,16)(H2,13,17,18). The van der Waals surface area contributed by atoms with Crippen LogP contribution in [0.3, 0.4) is 0 Å². The normalized spacial score (nSPS) is 13.0. The van der Waals surface area contributed by atoms with Crippen LogP contribution in [0.2, 0.25) is 0 Å². The minimum absolute atomic E-state index is 0.0843. The van der Waals surface area contributed by atoms with E-state index in [-0.39, 0.29) is 22.4 Å². The molecule has 19 heavy (non-hydrogen) atoms. The van der Waals surface area contributed by atoms with E-state index in [1.54, 1.807) is 19.1 Å². The summed E-state index contributed by atoms with van der Waals surface area (Å²) in [4.78, 5) is 11.8. The predicted octanol–water partition coefficient (Wildman–Crippen LogP) is 0.518. The first kappa shape index (κ1) is 15.6. The number of anilines is 1. The van der Waals surface area contributed by atoms with Gasteiger partial charge in [-0.15, -0.1) is 0 Å². The van der Waals surface area contributed by atoms with Crippen molar-refractivity contribution >= 4 is 21.6 Å². The first-order valence-electron chi connectivity index (χ1n) is 5.99. The van der Waals surface area contributed by atoms with Gasteiger partial charge in [-0.25, -0.2) is 13.6 Å². The van der Waals surface area contributed by atoms with Gasteiger partial charge in [0.15, 0.2) is 0 Å². The molecule has 1 unspecified atom stereocenters. The maximum atomic E-state index is 11.9. The maximum absolute atomic E-state index is 11.9. The third-order valence-corrected chi connectivity index (χ3v) is 3.57. The van der Waals surface area contributed by atoms with Crippen molar-refractivity contribution in [3.05, 3.63) is 24.3 Å². The topological polar surface area (TPSA) is 101 Å². The van der Waals surface area contributed by atoms with E-state index in [4.69, 9.17) is 5.14 Å². The van der Waals surface area contributed by atoms with Gasteiger partial charge >= 0.3 is 0 Å². The summed E-state index contributed by atoms with van der Waals surface area (Å²) in [5.74, 6) is -0.523. The highest BCUT2D eigenvalue weighted by molar-refractivity contribution is 7.89. The lowest BCUT2D eigenvalue weighted by atomic mass is 10.1. The van der Waals surface area contributed by atoms with Crippen molar-refractivity contribution in [1.29, 1.82) is 0 Å². The second kappa shape index (κ2) is 6.65. The van der Waals surface area contributed by atoms with Crippen molar-refractivity contribution in [1.82, 2.24) is 5.32 Å². The molecule has 0 saturated heterocycles. The van der Waals surface area contributed by atoms with Gasteiger partial charge in [-0.3, -0.25) is 4.79 Å². The monoisotopic (exact) mass is 285 g/mol. The molecule has 0 heterocycles. The molecule has 106 valence electrons. The third-order valence-electron chi connectivity index (χ3n) is 2.60. The number of rotatable bonds is 6. The fourth-order valence-electron chi connectivity index (χ4n) is 1.53. The van der Waals surface area contributed by atoms with Gasteiger partial charge in [0.25, 0.3) is 0 Å². The Morgan fingerprint density at radius 1 is 1.37 bits per heavy atom. The van der Waals surface area contributed by atoms with Crippen LogP contribution in [0.25, 0.3) is 0 Å². The Morgan fingerprint density at radius 3 is 2.58 bits per heavy atom. The van der Waals surface area contributed by atoms with E-state index < -0.39 is 10.0 Å². The summed E-state index contributed by atoms with van der Waals surface area (Å²) >= 11 is 0. The predicted molar refractivity (Wildman–Crippen MR) is 74.2 cm³/mol. The molecule has 0 aliphatic carbocycles. The van der Waals surface area contributed by atoms with Crippen molar-refractivity contribution in [2.24, 2.45) is 11.1 Å². The van der Waals surface area contributed by atoms with E-state index in [1.807, 2.05) is 6.92 Å². The zero-order chi connectivity index (χ0) is 14.5. The lowest BCUT2D eigenvalue weighted by molar-refractivity contribution is -0.119. The molecule has 0 aromatic heterocycles. The average Bonchev–Trinajstić information content (AvgIpc) is 2.35. The SMILES string of the molecule is CCNCC(C)C(=O)Nc1ccccc1S(N)(=O)=O. The van der Waals surface area contributed by atoms with E-state index in [0.29, 0.717) is 6.54 Å². The summed E-state index contributed by atoms with van der Waals surface area (Å²) in [6, 6.07) is 6.06. The molecule has 1 atom stereocenters. The summed E-state index contributed by atoms with van der Waals surface area (Å²) in [7, 11) is -3.85. The van der Waals surface area contributed by atoms with E-state index in [0.717, 1.165) is 6.54 Å². The zero-order valence-electron chi connectivity index (χ0n) is 11.0. The molecule has 0 fully saturated rings. The summed E-state index contributed by atoms with van der Waals surface area (Å²) in [5.41, 5.74) is 0.207. The minimum Gasteiger partial charge on any atom is -0.325 e. The van der Waals surface area contributed by atoms with E-state index in [2.05, 4.69) is 10.6 Å². The van der Waals surface area contributed by atoms with Crippen LogP contribution in [0.1, 0.15) is 13.8 Å². The molecular weight excluding hydrogens is 266 g/mol. The Balaban J connectivity index is 2.86. The zero-order valence-corrected chi connectivity index (χ0v) is 11.8. The Morgan fingerprint density at radius 2 is 2.00 bits per heavy atom. The molecule has 0 bridgehead atoms. The summed E-state index contributed by atoms with van der Waals surface area (Å²) < 4.78 is 22.8. The largest absolute Gasteiger partial charge is 0.325 e. The molecule has 0 saturated carbocycles. The van der Waals surface area contributed by atoms with Gasteiger partial charge in [-0.1, -0.05) is 26.0 Å². The van der Waals surface area contributed by atoms with Crippen molar-refractivity contribution in [2.75, 3.05) is 18.4 Å². The van der Waals surface area contributed by atoms with Crippen LogP contribution in [0.15, 0.2) is 29.2 Å². The molecule has 1 amide bonds. The van der Waals surface area contributed by atoms with Crippen LogP contribution in [-0.4, -0.2) is 27.4 Å². The first-order chi connectivity index (χ1) is 8.86. The first-order valence-corrected chi connectivity index (χ1v) is 7.54. The highest BCUT2D eigenvalue weighted by Gasteiger charge is 2.17. The highest BCUT2D eigenvalue weighted by Crippen LogP contribution is 2.19. The molecule has 0 radical (unpaired) electrons. The van der Waals surface area contributed by atoms with Crippen LogP contribution in [-0.2, 0) is 14.8 Å². The van der Waals surface area contributed by atoms with Crippen LogP contribution in [0, 0.1) is 5.92 Å². The maximum Gasteiger partial charge on any atom is 0.240 e. The second-order valence-corrected chi connectivity index (χ2v) is 5.77. The molecule has 1 aromatic carbocycles. The molecule has 1 aromatic rings. The summed E-state index contributed by atoms with van der Waals surface area (Å²) in [6.07, 6.45) is 0. The van der Waals surface area contributed by atoms with Gasteiger partial charge in [0.2, 0.25) is 15.9 Å². The lowest BCUT2D eigenvalue weighted by Crippen LogP contribution is -2.31. The summed E-state index contributed by atoms with van der Waals surface area (Å²) in [6.45, 7) is 5.00. The third kappa shape index (κ3) is 4.62. The molecule has 4 N–H and O–H groups in total. The number of carbonyl (C=O) groups is 1. The Bertz CT molecular complexity index is 543. The van der Waals surface area contributed by atoms with Gasteiger partial charge < -0.3 is 10.6 Å². The van der Waals surface area contributed by atoms with E-state index in [9.17, 15) is 13.2 Å². The number of para-hydroxylation sites is 1. The lowest BCUT2D eigenvalue weighted by Gasteiger charge is -2.14. The van der Waals surface area contributed by atoms with E-state index in [1.165, 1.54) is 12.1 Å². The number of hydrogen-bond acceptors (Lipinski definition) is 4. The van der Waals surface area contributed by atoms with Gasteiger partial charge in [0.1, 0.15) is 4.90 Å². The molecule has 6 nitrogen and oxygen atoms in total.